The van der Waals surface area contributed by atoms with E-state index in [2.05, 4.69) is 42.7 Å². The number of aryl methyl sites for hydroxylation is 1. The predicted molar refractivity (Wildman–Crippen MR) is 135 cm³/mol. The van der Waals surface area contributed by atoms with Gasteiger partial charge in [-0.1, -0.05) is 43.5 Å². The molecule has 1 fully saturated rings. The van der Waals surface area contributed by atoms with Crippen molar-refractivity contribution < 1.29 is 20.1 Å². The summed E-state index contributed by atoms with van der Waals surface area (Å²) < 4.78 is 0. The minimum absolute atomic E-state index is 0.0761. The Morgan fingerprint density at radius 2 is 1.71 bits per heavy atom. The van der Waals surface area contributed by atoms with Gasteiger partial charge in [0.05, 0.1) is 6.10 Å². The quantitative estimate of drug-likeness (QED) is 0.337. The van der Waals surface area contributed by atoms with Crippen molar-refractivity contribution in [2.75, 3.05) is 13.1 Å². The summed E-state index contributed by atoms with van der Waals surface area (Å²) in [6, 6.07) is 12.5. The van der Waals surface area contributed by atoms with Crippen LogP contribution >= 0.6 is 0 Å². The van der Waals surface area contributed by atoms with E-state index < -0.39 is 6.10 Å². The first-order valence-corrected chi connectivity index (χ1v) is 12.5. The second-order valence-electron chi connectivity index (χ2n) is 10.4. The first kappa shape index (κ1) is 26.0. The molecule has 2 aromatic rings. The SMILES string of the molecule is CC(C)(Cc1cccc(CCC(=O)NCC2CCCCC2)c1)NCC(O)c1cc(O)cc(O)c1. The number of β-amino-alcohol motifs (C(OH)–C–C–N with tert-alkyl or cyclic N) is 1. The molecule has 0 aliphatic heterocycles. The Bertz CT molecular complexity index is 918. The van der Waals surface area contributed by atoms with Gasteiger partial charge in [0, 0.05) is 31.1 Å². The predicted octanol–water partition coefficient (Wildman–Crippen LogP) is 4.37. The van der Waals surface area contributed by atoms with E-state index in [0.29, 0.717) is 17.9 Å². The Morgan fingerprint density at radius 3 is 2.41 bits per heavy atom. The Labute approximate surface area is 203 Å². The van der Waals surface area contributed by atoms with Crippen molar-refractivity contribution in [2.24, 2.45) is 5.92 Å². The lowest BCUT2D eigenvalue weighted by Crippen LogP contribution is -2.43. The number of phenolic OH excluding ortho intramolecular Hbond substituents is 2. The maximum absolute atomic E-state index is 12.3. The Hall–Kier alpha value is -2.57. The fraction of sp³-hybridized carbons (Fsp3) is 0.536. The zero-order chi connectivity index (χ0) is 24.6. The van der Waals surface area contributed by atoms with Crippen LogP contribution in [-0.2, 0) is 17.6 Å². The molecule has 6 heteroatoms. The van der Waals surface area contributed by atoms with Crippen LogP contribution in [0.4, 0.5) is 0 Å². The summed E-state index contributed by atoms with van der Waals surface area (Å²) in [6.07, 6.45) is 7.50. The van der Waals surface area contributed by atoms with Crippen LogP contribution in [0.15, 0.2) is 42.5 Å². The molecule has 1 unspecified atom stereocenters. The third-order valence-electron chi connectivity index (χ3n) is 6.67. The summed E-state index contributed by atoms with van der Waals surface area (Å²) in [7, 11) is 0. The van der Waals surface area contributed by atoms with Crippen molar-refractivity contribution in [3.05, 3.63) is 59.2 Å². The second kappa shape index (κ2) is 12.2. The van der Waals surface area contributed by atoms with Gasteiger partial charge in [-0.05, 0) is 74.3 Å². The lowest BCUT2D eigenvalue weighted by molar-refractivity contribution is -0.121. The summed E-state index contributed by atoms with van der Waals surface area (Å²) in [5, 5.41) is 36.3. The molecule has 0 spiro atoms. The third-order valence-corrected chi connectivity index (χ3v) is 6.67. The van der Waals surface area contributed by atoms with Gasteiger partial charge in [-0.2, -0.15) is 0 Å². The minimum Gasteiger partial charge on any atom is -0.508 e. The van der Waals surface area contributed by atoms with Gasteiger partial charge in [0.25, 0.3) is 0 Å². The maximum Gasteiger partial charge on any atom is 0.220 e. The summed E-state index contributed by atoms with van der Waals surface area (Å²) in [5.74, 6) is 0.623. The van der Waals surface area contributed by atoms with Crippen LogP contribution in [0.5, 0.6) is 11.5 Å². The number of phenols is 2. The first-order valence-electron chi connectivity index (χ1n) is 12.5. The highest BCUT2D eigenvalue weighted by atomic mass is 16.3. The molecule has 6 nitrogen and oxygen atoms in total. The van der Waals surface area contributed by atoms with Gasteiger partial charge in [-0.25, -0.2) is 0 Å². The molecule has 34 heavy (non-hydrogen) atoms. The van der Waals surface area contributed by atoms with E-state index >= 15 is 0 Å². The maximum atomic E-state index is 12.3. The van der Waals surface area contributed by atoms with Crippen LogP contribution in [0.3, 0.4) is 0 Å². The number of hydrogen-bond acceptors (Lipinski definition) is 5. The summed E-state index contributed by atoms with van der Waals surface area (Å²) in [5.41, 5.74) is 2.50. The molecule has 186 valence electrons. The molecule has 3 rings (SSSR count). The van der Waals surface area contributed by atoms with Gasteiger partial charge in [-0.15, -0.1) is 0 Å². The topological polar surface area (TPSA) is 102 Å². The second-order valence-corrected chi connectivity index (χ2v) is 10.4. The number of rotatable bonds is 11. The van der Waals surface area contributed by atoms with E-state index in [4.69, 9.17) is 0 Å². The van der Waals surface area contributed by atoms with Crippen molar-refractivity contribution >= 4 is 5.91 Å². The molecule has 1 aliphatic carbocycles. The van der Waals surface area contributed by atoms with Gasteiger partial charge in [0.1, 0.15) is 11.5 Å². The van der Waals surface area contributed by atoms with E-state index in [9.17, 15) is 20.1 Å². The molecular formula is C28H40N2O4. The van der Waals surface area contributed by atoms with E-state index in [1.54, 1.807) is 0 Å². The number of amides is 1. The molecule has 1 aliphatic rings. The molecule has 0 aromatic heterocycles. The monoisotopic (exact) mass is 468 g/mol. The van der Waals surface area contributed by atoms with Gasteiger partial charge in [-0.3, -0.25) is 4.79 Å². The third kappa shape index (κ3) is 8.65. The highest BCUT2D eigenvalue weighted by molar-refractivity contribution is 5.76. The molecule has 1 saturated carbocycles. The number of hydrogen-bond donors (Lipinski definition) is 5. The van der Waals surface area contributed by atoms with Gasteiger partial charge in [0.2, 0.25) is 5.91 Å². The standard InChI is InChI=1S/C28H40N2O4/c1-28(2,30-19-26(33)23-14-24(31)16-25(32)15-23)17-22-10-6-9-20(13-22)11-12-27(34)29-18-21-7-4-3-5-8-21/h6,9-10,13-16,21,26,30-33H,3-5,7-8,11-12,17-19H2,1-2H3,(H,29,34). The minimum atomic E-state index is -0.851. The van der Waals surface area contributed by atoms with Crippen LogP contribution in [0, 0.1) is 5.92 Å². The van der Waals surface area contributed by atoms with Crippen molar-refractivity contribution in [1.82, 2.24) is 10.6 Å². The molecular weight excluding hydrogens is 428 g/mol. The van der Waals surface area contributed by atoms with Crippen LogP contribution < -0.4 is 10.6 Å². The highest BCUT2D eigenvalue weighted by Crippen LogP contribution is 2.25. The normalized spacial score (nSPS) is 15.7. The van der Waals surface area contributed by atoms with Gasteiger partial charge >= 0.3 is 0 Å². The molecule has 1 amide bonds. The largest absolute Gasteiger partial charge is 0.508 e. The molecule has 2 aromatic carbocycles. The van der Waals surface area contributed by atoms with E-state index in [0.717, 1.165) is 24.9 Å². The number of aliphatic hydroxyl groups is 1. The van der Waals surface area contributed by atoms with Crippen molar-refractivity contribution in [2.45, 2.75) is 76.9 Å². The van der Waals surface area contributed by atoms with Gasteiger partial charge < -0.3 is 26.0 Å². The van der Waals surface area contributed by atoms with E-state index in [1.807, 2.05) is 6.07 Å². The zero-order valence-electron chi connectivity index (χ0n) is 20.5. The van der Waals surface area contributed by atoms with Crippen LogP contribution in [0.25, 0.3) is 0 Å². The number of nitrogens with one attached hydrogen (secondary N) is 2. The highest BCUT2D eigenvalue weighted by Gasteiger charge is 2.21. The number of aliphatic hydroxyl groups excluding tert-OH is 1. The van der Waals surface area contributed by atoms with Crippen LogP contribution in [0.2, 0.25) is 0 Å². The van der Waals surface area contributed by atoms with Crippen molar-refractivity contribution in [1.29, 1.82) is 0 Å². The molecule has 0 bridgehead atoms. The number of aromatic hydroxyl groups is 2. The smallest absolute Gasteiger partial charge is 0.220 e. The Balaban J connectivity index is 1.45. The first-order chi connectivity index (χ1) is 16.2. The molecule has 0 saturated heterocycles. The zero-order valence-corrected chi connectivity index (χ0v) is 20.5. The van der Waals surface area contributed by atoms with E-state index in [1.165, 1.54) is 55.9 Å². The van der Waals surface area contributed by atoms with Gasteiger partial charge in [0.15, 0.2) is 0 Å². The van der Waals surface area contributed by atoms with E-state index in [-0.39, 0.29) is 29.5 Å². The summed E-state index contributed by atoms with van der Waals surface area (Å²) >= 11 is 0. The Kier molecular flexibility index (Phi) is 9.36. The average molecular weight is 469 g/mol. The van der Waals surface area contributed by atoms with Crippen molar-refractivity contribution in [3.8, 4) is 11.5 Å². The van der Waals surface area contributed by atoms with Crippen LogP contribution in [-0.4, -0.2) is 39.9 Å². The molecule has 0 radical (unpaired) electrons. The van der Waals surface area contributed by atoms with Crippen LogP contribution in [0.1, 0.15) is 75.2 Å². The Morgan fingerprint density at radius 1 is 1.03 bits per heavy atom. The number of carbonyl (C=O) groups is 1. The summed E-state index contributed by atoms with van der Waals surface area (Å²) in [4.78, 5) is 12.3. The lowest BCUT2D eigenvalue weighted by atomic mass is 9.89. The number of benzene rings is 2. The lowest BCUT2D eigenvalue weighted by Gasteiger charge is -2.28. The fourth-order valence-electron chi connectivity index (χ4n) is 4.76. The summed E-state index contributed by atoms with van der Waals surface area (Å²) in [6.45, 7) is 5.25. The molecule has 1 atom stereocenters. The molecule has 0 heterocycles. The van der Waals surface area contributed by atoms with Crippen molar-refractivity contribution in [3.63, 3.8) is 0 Å². The fourth-order valence-corrected chi connectivity index (χ4v) is 4.76. The average Bonchev–Trinajstić information content (AvgIpc) is 2.80. The molecule has 5 N–H and O–H groups in total. The number of carbonyl (C=O) groups excluding carboxylic acids is 1.